The van der Waals surface area contributed by atoms with Crippen molar-refractivity contribution in [2.45, 2.75) is 68.0 Å². The maximum Gasteiger partial charge on any atom is 0.237 e. The topological polar surface area (TPSA) is 75.2 Å². The van der Waals surface area contributed by atoms with Crippen LogP contribution >= 0.6 is 23.1 Å². The lowest BCUT2D eigenvalue weighted by atomic mass is 10.1. The molecule has 2 aromatic rings. The zero-order chi connectivity index (χ0) is 19.7. The number of hydrogen-bond acceptors (Lipinski definition) is 6. The summed E-state index contributed by atoms with van der Waals surface area (Å²) in [4.78, 5) is 26.6. The van der Waals surface area contributed by atoms with Crippen LogP contribution in [0.4, 0.5) is 10.8 Å². The number of nitrogens with one attached hydrogen (secondary N) is 1. The van der Waals surface area contributed by atoms with Gasteiger partial charge in [-0.3, -0.25) is 14.5 Å². The van der Waals surface area contributed by atoms with Gasteiger partial charge in [-0.25, -0.2) is 0 Å². The molecule has 2 aliphatic carbocycles. The Hall–Kier alpha value is -1.93. The van der Waals surface area contributed by atoms with Crippen LogP contribution < -0.4 is 10.2 Å². The fourth-order valence-corrected chi connectivity index (χ4v) is 5.49. The van der Waals surface area contributed by atoms with Crippen LogP contribution in [0.2, 0.25) is 0 Å². The van der Waals surface area contributed by atoms with Gasteiger partial charge in [0.05, 0.1) is 5.25 Å². The average molecular weight is 417 g/mol. The molecule has 1 aromatic carbocycles. The lowest BCUT2D eigenvalue weighted by Crippen LogP contribution is -2.32. The number of aromatic nitrogens is 2. The minimum Gasteiger partial charge on any atom is -0.325 e. The molecule has 0 unspecified atom stereocenters. The van der Waals surface area contributed by atoms with Gasteiger partial charge in [0.25, 0.3) is 0 Å². The van der Waals surface area contributed by atoms with Crippen molar-refractivity contribution in [1.82, 2.24) is 10.2 Å². The van der Waals surface area contributed by atoms with Crippen molar-refractivity contribution in [3.63, 3.8) is 0 Å². The number of carbonyl (C=O) groups is 2. The molecule has 28 heavy (non-hydrogen) atoms. The predicted molar refractivity (Wildman–Crippen MR) is 113 cm³/mol. The van der Waals surface area contributed by atoms with E-state index in [1.54, 1.807) is 4.90 Å². The van der Waals surface area contributed by atoms with E-state index in [-0.39, 0.29) is 23.1 Å². The largest absolute Gasteiger partial charge is 0.325 e. The maximum atomic E-state index is 12.6. The van der Waals surface area contributed by atoms with Crippen molar-refractivity contribution in [2.75, 3.05) is 10.2 Å². The number of thioether (sulfide) groups is 1. The molecule has 0 aliphatic heterocycles. The Morgan fingerprint density at radius 1 is 1.29 bits per heavy atom. The number of fused-ring (bicyclic) bond motifs is 1. The number of benzene rings is 1. The molecular formula is C20H24N4O2S2. The molecule has 148 valence electrons. The van der Waals surface area contributed by atoms with Crippen LogP contribution in [0.25, 0.3) is 0 Å². The minimum absolute atomic E-state index is 0.0524. The van der Waals surface area contributed by atoms with Gasteiger partial charge < -0.3 is 5.32 Å². The molecular weight excluding hydrogens is 392 g/mol. The van der Waals surface area contributed by atoms with E-state index in [1.165, 1.54) is 40.6 Å². The van der Waals surface area contributed by atoms with E-state index >= 15 is 0 Å². The van der Waals surface area contributed by atoms with Gasteiger partial charge in [-0.1, -0.05) is 36.1 Å². The fourth-order valence-electron chi connectivity index (χ4n) is 3.42. The second kappa shape index (κ2) is 8.21. The molecule has 0 saturated heterocycles. The first kappa shape index (κ1) is 19.4. The zero-order valence-corrected chi connectivity index (χ0v) is 17.7. The molecule has 6 nitrogen and oxygen atoms in total. The maximum absolute atomic E-state index is 12.6. The number of rotatable bonds is 7. The third-order valence-electron chi connectivity index (χ3n) is 5.10. The van der Waals surface area contributed by atoms with E-state index < -0.39 is 0 Å². The summed E-state index contributed by atoms with van der Waals surface area (Å²) < 4.78 is 0.709. The van der Waals surface area contributed by atoms with E-state index in [2.05, 4.69) is 27.6 Å². The van der Waals surface area contributed by atoms with Crippen LogP contribution in [0.5, 0.6) is 0 Å². The molecule has 2 amide bonds. The summed E-state index contributed by atoms with van der Waals surface area (Å²) in [6, 6.07) is 6.44. The summed E-state index contributed by atoms with van der Waals surface area (Å²) in [5.41, 5.74) is 3.58. The molecule has 1 N–H and O–H groups in total. The molecule has 1 saturated carbocycles. The monoisotopic (exact) mass is 416 g/mol. The van der Waals surface area contributed by atoms with Crippen molar-refractivity contribution < 1.29 is 9.59 Å². The Morgan fingerprint density at radius 3 is 2.82 bits per heavy atom. The number of carbonyl (C=O) groups excluding carboxylic acids is 2. The average Bonchev–Trinajstić information content (AvgIpc) is 3.22. The summed E-state index contributed by atoms with van der Waals surface area (Å²) in [7, 11) is 0. The molecule has 0 spiro atoms. The van der Waals surface area contributed by atoms with E-state index in [1.807, 2.05) is 19.9 Å². The second-order valence-corrected chi connectivity index (χ2v) is 9.83. The van der Waals surface area contributed by atoms with Crippen molar-refractivity contribution in [3.05, 3.63) is 29.3 Å². The van der Waals surface area contributed by atoms with Gasteiger partial charge in [0.2, 0.25) is 16.9 Å². The van der Waals surface area contributed by atoms with Gasteiger partial charge in [0.15, 0.2) is 4.34 Å². The van der Waals surface area contributed by atoms with Crippen LogP contribution in [0.1, 0.15) is 50.7 Å². The lowest BCUT2D eigenvalue weighted by molar-refractivity contribution is -0.118. The first-order chi connectivity index (χ1) is 13.5. The zero-order valence-electron chi connectivity index (χ0n) is 16.1. The highest BCUT2D eigenvalue weighted by atomic mass is 32.2. The van der Waals surface area contributed by atoms with Crippen LogP contribution in [-0.4, -0.2) is 33.3 Å². The van der Waals surface area contributed by atoms with Crippen LogP contribution in [0, 0.1) is 0 Å². The van der Waals surface area contributed by atoms with Gasteiger partial charge in [-0.2, -0.15) is 0 Å². The molecule has 0 radical (unpaired) electrons. The third kappa shape index (κ3) is 4.22. The first-order valence-corrected chi connectivity index (χ1v) is 11.5. The van der Waals surface area contributed by atoms with Crippen LogP contribution in [0.15, 0.2) is 22.5 Å². The van der Waals surface area contributed by atoms with Crippen LogP contribution in [0.3, 0.4) is 0 Å². The van der Waals surface area contributed by atoms with Gasteiger partial charge >= 0.3 is 0 Å². The van der Waals surface area contributed by atoms with Crippen LogP contribution in [-0.2, 0) is 22.4 Å². The SMILES string of the molecule is CCC(=O)N(c1nnc(S[C@H](C)C(=O)Nc2ccc3c(c2)CCC3)s1)C1CC1. The molecule has 1 aromatic heterocycles. The standard InChI is InChI=1S/C20H24N4O2S2/c1-3-17(25)24(16-9-10-16)19-22-23-20(28-19)27-12(2)18(26)21-15-8-7-13-5-4-6-14(13)11-15/h7-8,11-12,16H,3-6,9-10H2,1-2H3,(H,21,26)/t12-/m1/s1. The summed E-state index contributed by atoms with van der Waals surface area (Å²) in [5, 5.41) is 11.8. The highest BCUT2D eigenvalue weighted by molar-refractivity contribution is 8.02. The summed E-state index contributed by atoms with van der Waals surface area (Å²) in [6.45, 7) is 3.73. The van der Waals surface area contributed by atoms with Gasteiger partial charge in [0.1, 0.15) is 0 Å². The number of nitrogens with zero attached hydrogens (tertiary/aromatic N) is 3. The highest BCUT2D eigenvalue weighted by Crippen LogP contribution is 2.37. The molecule has 8 heteroatoms. The molecule has 4 rings (SSSR count). The highest BCUT2D eigenvalue weighted by Gasteiger charge is 2.35. The third-order valence-corrected chi connectivity index (χ3v) is 7.20. The summed E-state index contributed by atoms with van der Waals surface area (Å²) in [6.07, 6.45) is 5.91. The molecule has 2 aliphatic rings. The minimum atomic E-state index is -0.301. The normalized spacial score (nSPS) is 16.5. The van der Waals surface area contributed by atoms with Gasteiger partial charge in [-0.15, -0.1) is 10.2 Å². The molecule has 0 bridgehead atoms. The molecule has 1 fully saturated rings. The lowest BCUT2D eigenvalue weighted by Gasteiger charge is -2.17. The van der Waals surface area contributed by atoms with Crippen molar-refractivity contribution in [1.29, 1.82) is 0 Å². The van der Waals surface area contributed by atoms with Gasteiger partial charge in [-0.05, 0) is 62.3 Å². The number of anilines is 2. The van der Waals surface area contributed by atoms with E-state index in [4.69, 9.17) is 0 Å². The number of aryl methyl sites for hydroxylation is 2. The van der Waals surface area contributed by atoms with E-state index in [0.29, 0.717) is 15.9 Å². The Bertz CT molecular complexity index is 894. The Kier molecular flexibility index (Phi) is 5.68. The first-order valence-electron chi connectivity index (χ1n) is 9.80. The Balaban J connectivity index is 1.38. The summed E-state index contributed by atoms with van der Waals surface area (Å²) in [5.74, 6) is 0.0287. The van der Waals surface area contributed by atoms with Crippen molar-refractivity contribution >= 4 is 45.7 Å². The predicted octanol–water partition coefficient (Wildman–Crippen LogP) is 4.05. The fraction of sp³-hybridized carbons (Fsp3) is 0.500. The van der Waals surface area contributed by atoms with E-state index in [0.717, 1.165) is 31.4 Å². The van der Waals surface area contributed by atoms with E-state index in [9.17, 15) is 9.59 Å². The van der Waals surface area contributed by atoms with Crippen molar-refractivity contribution in [2.24, 2.45) is 0 Å². The Morgan fingerprint density at radius 2 is 2.07 bits per heavy atom. The smallest absolute Gasteiger partial charge is 0.237 e. The summed E-state index contributed by atoms with van der Waals surface area (Å²) >= 11 is 2.77. The molecule has 1 heterocycles. The number of hydrogen-bond donors (Lipinski definition) is 1. The Labute approximate surface area is 173 Å². The van der Waals surface area contributed by atoms with Gasteiger partial charge in [0, 0.05) is 18.2 Å². The molecule has 1 atom stereocenters. The number of amides is 2. The van der Waals surface area contributed by atoms with Crippen molar-refractivity contribution in [3.8, 4) is 0 Å². The second-order valence-electron chi connectivity index (χ2n) is 7.29. The quantitative estimate of drug-likeness (QED) is 0.544.